The molecule has 1 nitrogen and oxygen atoms in total. The molecule has 0 aromatic heterocycles. The number of halogens is 6. The lowest BCUT2D eigenvalue weighted by Crippen LogP contribution is -2.03. The molecule has 110 valence electrons. The van der Waals surface area contributed by atoms with Gasteiger partial charge in [-0.25, -0.2) is 22.0 Å². The Labute approximate surface area is 124 Å². The molecule has 21 heavy (non-hydrogen) atoms. The van der Waals surface area contributed by atoms with E-state index in [0.29, 0.717) is 12.1 Å². The van der Waals surface area contributed by atoms with Crippen molar-refractivity contribution in [2.24, 2.45) is 0 Å². The Hall–Kier alpha value is -1.60. The van der Waals surface area contributed by atoms with Crippen LogP contribution >= 0.6 is 23.4 Å². The van der Waals surface area contributed by atoms with Gasteiger partial charge in [-0.15, -0.1) is 0 Å². The van der Waals surface area contributed by atoms with Gasteiger partial charge < -0.3 is 0 Å². The van der Waals surface area contributed by atoms with E-state index in [-0.39, 0.29) is 21.7 Å². The van der Waals surface area contributed by atoms with Gasteiger partial charge in [-0.05, 0) is 36.0 Å². The van der Waals surface area contributed by atoms with Gasteiger partial charge in [-0.1, -0.05) is 11.6 Å². The fraction of sp³-hybridized carbons (Fsp3) is 0. The van der Waals surface area contributed by atoms with Crippen molar-refractivity contribution in [3.8, 4) is 0 Å². The lowest BCUT2D eigenvalue weighted by Gasteiger charge is -2.05. The number of benzene rings is 2. The first-order valence-electron chi connectivity index (χ1n) is 5.31. The highest BCUT2D eigenvalue weighted by Gasteiger charge is 2.21. The normalized spacial score (nSPS) is 10.8. The molecular weight excluding hydrogens is 335 g/mol. The van der Waals surface area contributed by atoms with Gasteiger partial charge in [-0.3, -0.25) is 4.79 Å². The van der Waals surface area contributed by atoms with E-state index in [1.165, 1.54) is 0 Å². The molecular formula is C13H4ClF5OS. The van der Waals surface area contributed by atoms with Crippen LogP contribution < -0.4 is 0 Å². The molecule has 0 amide bonds. The van der Waals surface area contributed by atoms with E-state index < -0.39 is 39.8 Å². The highest BCUT2D eigenvalue weighted by atomic mass is 35.5. The van der Waals surface area contributed by atoms with E-state index in [1.807, 2.05) is 0 Å². The van der Waals surface area contributed by atoms with Crippen LogP contribution in [0.1, 0.15) is 10.4 Å². The van der Waals surface area contributed by atoms with E-state index in [2.05, 4.69) is 0 Å². The zero-order chi connectivity index (χ0) is 15.7. The average Bonchev–Trinajstić information content (AvgIpc) is 2.34. The standard InChI is InChI=1S/C13H4ClF5OS/c14-5-1-7(15)11(8(16)2-5)13(20)21-6-3-9(17)12(19)10(18)4-6/h1-4H. The lowest BCUT2D eigenvalue weighted by molar-refractivity contribution is 0.108. The minimum atomic E-state index is -1.70. The van der Waals surface area contributed by atoms with Gasteiger partial charge in [0.1, 0.15) is 17.2 Å². The van der Waals surface area contributed by atoms with Crippen LogP contribution in [-0.4, -0.2) is 5.12 Å². The van der Waals surface area contributed by atoms with Gasteiger partial charge in [0.05, 0.1) is 0 Å². The Kier molecular flexibility index (Phi) is 4.53. The Morgan fingerprint density at radius 3 is 1.81 bits per heavy atom. The van der Waals surface area contributed by atoms with Crippen LogP contribution in [0.2, 0.25) is 5.02 Å². The fourth-order valence-corrected chi connectivity index (χ4v) is 2.51. The summed E-state index contributed by atoms with van der Waals surface area (Å²) in [5.41, 5.74) is -0.908. The molecule has 0 aliphatic rings. The van der Waals surface area contributed by atoms with Crippen molar-refractivity contribution in [2.45, 2.75) is 4.90 Å². The Morgan fingerprint density at radius 2 is 1.33 bits per heavy atom. The van der Waals surface area contributed by atoms with Gasteiger partial charge in [0.2, 0.25) is 5.12 Å². The summed E-state index contributed by atoms with van der Waals surface area (Å²) in [5, 5.41) is -1.38. The molecule has 0 aliphatic carbocycles. The van der Waals surface area contributed by atoms with Crippen LogP contribution in [0.4, 0.5) is 22.0 Å². The Bertz CT molecular complexity index is 688. The molecule has 0 fully saturated rings. The molecule has 0 bridgehead atoms. The van der Waals surface area contributed by atoms with Crippen LogP contribution in [0.5, 0.6) is 0 Å². The maximum absolute atomic E-state index is 13.5. The molecule has 2 aromatic rings. The summed E-state index contributed by atoms with van der Waals surface area (Å²) in [6, 6.07) is 2.55. The summed E-state index contributed by atoms with van der Waals surface area (Å²) < 4.78 is 65.8. The SMILES string of the molecule is O=C(Sc1cc(F)c(F)c(F)c1)c1c(F)cc(Cl)cc1F. The molecule has 0 unspecified atom stereocenters. The van der Waals surface area contributed by atoms with Crippen LogP contribution in [-0.2, 0) is 0 Å². The predicted octanol–water partition coefficient (Wildman–Crippen LogP) is 4.97. The number of hydrogen-bond acceptors (Lipinski definition) is 2. The van der Waals surface area contributed by atoms with E-state index in [9.17, 15) is 26.7 Å². The Morgan fingerprint density at radius 1 is 0.857 bits per heavy atom. The molecule has 0 atom stereocenters. The topological polar surface area (TPSA) is 17.1 Å². The van der Waals surface area contributed by atoms with Crippen molar-refractivity contribution in [3.05, 3.63) is 63.9 Å². The molecule has 2 aromatic carbocycles. The summed E-state index contributed by atoms with van der Waals surface area (Å²) >= 11 is 5.57. The highest BCUT2D eigenvalue weighted by Crippen LogP contribution is 2.29. The number of hydrogen-bond donors (Lipinski definition) is 0. The fourth-order valence-electron chi connectivity index (χ4n) is 1.49. The number of carbonyl (C=O) groups excluding carboxylic acids is 1. The third-order valence-electron chi connectivity index (χ3n) is 2.38. The van der Waals surface area contributed by atoms with E-state index in [1.54, 1.807) is 0 Å². The van der Waals surface area contributed by atoms with Crippen molar-refractivity contribution in [1.82, 2.24) is 0 Å². The second-order valence-corrected chi connectivity index (χ2v) is 5.32. The third kappa shape index (κ3) is 3.36. The Balaban J connectivity index is 2.35. The zero-order valence-corrected chi connectivity index (χ0v) is 11.5. The summed E-state index contributed by atoms with van der Waals surface area (Å²) in [5.74, 6) is -7.14. The first-order valence-corrected chi connectivity index (χ1v) is 6.50. The monoisotopic (exact) mass is 338 g/mol. The van der Waals surface area contributed by atoms with Gasteiger partial charge in [0.15, 0.2) is 17.5 Å². The van der Waals surface area contributed by atoms with Crippen LogP contribution in [0, 0.1) is 29.1 Å². The van der Waals surface area contributed by atoms with E-state index >= 15 is 0 Å². The summed E-state index contributed by atoms with van der Waals surface area (Å²) in [4.78, 5) is 11.4. The molecule has 0 spiro atoms. The second kappa shape index (κ2) is 6.03. The van der Waals surface area contributed by atoms with Crippen molar-refractivity contribution < 1.29 is 26.7 Å². The van der Waals surface area contributed by atoms with Crippen molar-refractivity contribution in [1.29, 1.82) is 0 Å². The minimum Gasteiger partial charge on any atom is -0.281 e. The number of rotatable bonds is 2. The average molecular weight is 339 g/mol. The molecule has 2 rings (SSSR count). The third-order valence-corrected chi connectivity index (χ3v) is 3.46. The molecule has 0 heterocycles. The number of thioether (sulfide) groups is 1. The predicted molar refractivity (Wildman–Crippen MR) is 67.9 cm³/mol. The summed E-state index contributed by atoms with van der Waals surface area (Å²) in [7, 11) is 0. The van der Waals surface area contributed by atoms with Gasteiger partial charge in [0, 0.05) is 9.92 Å². The molecule has 8 heteroatoms. The number of carbonyl (C=O) groups is 1. The first kappa shape index (κ1) is 15.8. The maximum atomic E-state index is 13.5. The van der Waals surface area contributed by atoms with E-state index in [4.69, 9.17) is 11.6 Å². The van der Waals surface area contributed by atoms with Crippen molar-refractivity contribution in [2.75, 3.05) is 0 Å². The molecule has 0 saturated heterocycles. The van der Waals surface area contributed by atoms with Crippen molar-refractivity contribution in [3.63, 3.8) is 0 Å². The van der Waals surface area contributed by atoms with Gasteiger partial charge in [-0.2, -0.15) is 0 Å². The van der Waals surface area contributed by atoms with Gasteiger partial charge >= 0.3 is 0 Å². The van der Waals surface area contributed by atoms with Crippen LogP contribution in [0.3, 0.4) is 0 Å². The molecule has 0 saturated carbocycles. The molecule has 0 N–H and O–H groups in total. The lowest BCUT2D eigenvalue weighted by atomic mass is 10.2. The minimum absolute atomic E-state index is 0.159. The quantitative estimate of drug-likeness (QED) is 0.437. The smallest absolute Gasteiger partial charge is 0.230 e. The van der Waals surface area contributed by atoms with Crippen LogP contribution in [0.15, 0.2) is 29.2 Å². The van der Waals surface area contributed by atoms with E-state index in [0.717, 1.165) is 12.1 Å². The van der Waals surface area contributed by atoms with Gasteiger partial charge in [0.25, 0.3) is 0 Å². The van der Waals surface area contributed by atoms with Crippen molar-refractivity contribution >= 4 is 28.5 Å². The highest BCUT2D eigenvalue weighted by molar-refractivity contribution is 8.14. The second-order valence-electron chi connectivity index (χ2n) is 3.83. The van der Waals surface area contributed by atoms with Crippen LogP contribution in [0.25, 0.3) is 0 Å². The zero-order valence-electron chi connectivity index (χ0n) is 9.89. The maximum Gasteiger partial charge on any atom is 0.230 e. The molecule has 0 radical (unpaired) electrons. The summed E-state index contributed by atoms with van der Waals surface area (Å²) in [6.07, 6.45) is 0. The largest absolute Gasteiger partial charge is 0.281 e. The summed E-state index contributed by atoms with van der Waals surface area (Å²) in [6.45, 7) is 0. The molecule has 0 aliphatic heterocycles. The first-order chi connectivity index (χ1) is 9.79.